The van der Waals surface area contributed by atoms with Gasteiger partial charge in [-0.1, -0.05) is 30.3 Å². The van der Waals surface area contributed by atoms with E-state index >= 15 is 0 Å². The van der Waals surface area contributed by atoms with Crippen molar-refractivity contribution >= 4 is 0 Å². The molecule has 0 aliphatic carbocycles. The van der Waals surface area contributed by atoms with E-state index in [-0.39, 0.29) is 12.4 Å². The lowest BCUT2D eigenvalue weighted by Gasteiger charge is -2.13. The number of aliphatic hydroxyl groups excluding tert-OH is 1. The molecule has 2 aromatic carbocycles. The van der Waals surface area contributed by atoms with Crippen LogP contribution in [-0.2, 0) is 6.61 Å². The molecule has 1 N–H and O–H groups in total. The number of hydrogen-bond donors (Lipinski definition) is 1. The SMILES string of the molecule is C[C@H](O)c1ccccc1OCc1cccc(F)c1. The summed E-state index contributed by atoms with van der Waals surface area (Å²) >= 11 is 0. The average molecular weight is 246 g/mol. The third-order valence-electron chi connectivity index (χ3n) is 2.65. The smallest absolute Gasteiger partial charge is 0.125 e. The molecule has 2 aromatic rings. The zero-order chi connectivity index (χ0) is 13.0. The van der Waals surface area contributed by atoms with Crippen LogP contribution in [-0.4, -0.2) is 5.11 Å². The topological polar surface area (TPSA) is 29.5 Å². The molecular formula is C15H15FO2. The highest BCUT2D eigenvalue weighted by molar-refractivity contribution is 5.35. The Labute approximate surface area is 106 Å². The van der Waals surface area contributed by atoms with E-state index in [4.69, 9.17) is 4.74 Å². The van der Waals surface area contributed by atoms with Crippen LogP contribution in [0.4, 0.5) is 4.39 Å². The molecule has 0 saturated heterocycles. The molecule has 0 fully saturated rings. The normalized spacial score (nSPS) is 12.2. The minimum atomic E-state index is -0.589. The highest BCUT2D eigenvalue weighted by Gasteiger charge is 2.08. The lowest BCUT2D eigenvalue weighted by molar-refractivity contribution is 0.190. The van der Waals surface area contributed by atoms with Crippen LogP contribution >= 0.6 is 0 Å². The van der Waals surface area contributed by atoms with Crippen molar-refractivity contribution in [1.82, 2.24) is 0 Å². The molecule has 0 bridgehead atoms. The van der Waals surface area contributed by atoms with Crippen LogP contribution < -0.4 is 4.74 Å². The van der Waals surface area contributed by atoms with Crippen LogP contribution in [0.5, 0.6) is 5.75 Å². The van der Waals surface area contributed by atoms with E-state index in [1.165, 1.54) is 12.1 Å². The fourth-order valence-corrected chi connectivity index (χ4v) is 1.74. The zero-order valence-electron chi connectivity index (χ0n) is 10.1. The van der Waals surface area contributed by atoms with Gasteiger partial charge in [0, 0.05) is 5.56 Å². The third-order valence-corrected chi connectivity index (χ3v) is 2.65. The van der Waals surface area contributed by atoms with Gasteiger partial charge in [0.2, 0.25) is 0 Å². The summed E-state index contributed by atoms with van der Waals surface area (Å²) in [6.07, 6.45) is -0.589. The van der Waals surface area contributed by atoms with Crippen LogP contribution in [0, 0.1) is 5.82 Å². The molecule has 0 amide bonds. The summed E-state index contributed by atoms with van der Waals surface area (Å²) < 4.78 is 18.6. The summed E-state index contributed by atoms with van der Waals surface area (Å²) in [5.74, 6) is 0.344. The summed E-state index contributed by atoms with van der Waals surface area (Å²) in [6.45, 7) is 1.96. The summed E-state index contributed by atoms with van der Waals surface area (Å²) in [6, 6.07) is 13.6. The van der Waals surface area contributed by atoms with Crippen molar-refractivity contribution in [2.45, 2.75) is 19.6 Å². The van der Waals surface area contributed by atoms with Gasteiger partial charge in [-0.15, -0.1) is 0 Å². The van der Waals surface area contributed by atoms with Gasteiger partial charge in [-0.2, -0.15) is 0 Å². The maximum atomic E-state index is 13.0. The molecule has 18 heavy (non-hydrogen) atoms. The molecular weight excluding hydrogens is 231 g/mol. The third kappa shape index (κ3) is 3.08. The molecule has 1 atom stereocenters. The van der Waals surface area contributed by atoms with Crippen molar-refractivity contribution in [2.75, 3.05) is 0 Å². The summed E-state index contributed by atoms with van der Waals surface area (Å²) in [4.78, 5) is 0. The number of hydrogen-bond acceptors (Lipinski definition) is 2. The number of ether oxygens (including phenoxy) is 1. The Hall–Kier alpha value is -1.87. The summed E-state index contributed by atoms with van der Waals surface area (Å²) in [7, 11) is 0. The molecule has 3 heteroatoms. The summed E-state index contributed by atoms with van der Waals surface area (Å²) in [5, 5.41) is 9.61. The highest BCUT2D eigenvalue weighted by atomic mass is 19.1. The van der Waals surface area contributed by atoms with E-state index in [2.05, 4.69) is 0 Å². The van der Waals surface area contributed by atoms with Crippen LogP contribution in [0.3, 0.4) is 0 Å². The number of para-hydroxylation sites is 1. The molecule has 0 unspecified atom stereocenters. The Morgan fingerprint density at radius 2 is 1.94 bits per heavy atom. The molecule has 0 radical (unpaired) electrons. The summed E-state index contributed by atoms with van der Waals surface area (Å²) in [5.41, 5.74) is 1.49. The monoisotopic (exact) mass is 246 g/mol. The Morgan fingerprint density at radius 3 is 2.67 bits per heavy atom. The second-order valence-electron chi connectivity index (χ2n) is 4.13. The fourth-order valence-electron chi connectivity index (χ4n) is 1.74. The molecule has 0 heterocycles. The van der Waals surface area contributed by atoms with E-state index in [0.717, 1.165) is 11.1 Å². The standard InChI is InChI=1S/C15H15FO2/c1-11(17)14-7-2-3-8-15(14)18-10-12-5-4-6-13(16)9-12/h2-9,11,17H,10H2,1H3/t11-/m0/s1. The van der Waals surface area contributed by atoms with Crippen molar-refractivity contribution in [3.63, 3.8) is 0 Å². The van der Waals surface area contributed by atoms with E-state index in [9.17, 15) is 9.50 Å². The van der Waals surface area contributed by atoms with Gasteiger partial charge in [-0.25, -0.2) is 4.39 Å². The number of benzene rings is 2. The van der Waals surface area contributed by atoms with E-state index in [1.54, 1.807) is 25.1 Å². The molecule has 94 valence electrons. The van der Waals surface area contributed by atoms with Gasteiger partial charge in [0.25, 0.3) is 0 Å². The molecule has 0 aromatic heterocycles. The quantitative estimate of drug-likeness (QED) is 0.895. The predicted molar refractivity (Wildman–Crippen MR) is 67.8 cm³/mol. The molecule has 0 aliphatic heterocycles. The first-order valence-corrected chi connectivity index (χ1v) is 5.81. The van der Waals surface area contributed by atoms with E-state index in [0.29, 0.717) is 5.75 Å². The van der Waals surface area contributed by atoms with Gasteiger partial charge in [0.05, 0.1) is 6.10 Å². The van der Waals surface area contributed by atoms with Crippen LogP contribution in [0.2, 0.25) is 0 Å². The molecule has 2 rings (SSSR count). The maximum absolute atomic E-state index is 13.0. The van der Waals surface area contributed by atoms with Crippen LogP contribution in [0.15, 0.2) is 48.5 Å². The van der Waals surface area contributed by atoms with Gasteiger partial charge in [0.1, 0.15) is 18.2 Å². The van der Waals surface area contributed by atoms with Crippen molar-refractivity contribution in [3.8, 4) is 5.75 Å². The highest BCUT2D eigenvalue weighted by Crippen LogP contribution is 2.25. The Kier molecular flexibility index (Phi) is 3.95. The van der Waals surface area contributed by atoms with E-state index < -0.39 is 6.10 Å². The number of aliphatic hydroxyl groups is 1. The Bertz CT molecular complexity index is 523. The average Bonchev–Trinajstić information content (AvgIpc) is 2.37. The lowest BCUT2D eigenvalue weighted by Crippen LogP contribution is -2.01. The van der Waals surface area contributed by atoms with Crippen LogP contribution in [0.1, 0.15) is 24.2 Å². The largest absolute Gasteiger partial charge is 0.489 e. The number of rotatable bonds is 4. The lowest BCUT2D eigenvalue weighted by atomic mass is 10.1. The van der Waals surface area contributed by atoms with Gasteiger partial charge in [0.15, 0.2) is 0 Å². The maximum Gasteiger partial charge on any atom is 0.125 e. The molecule has 0 spiro atoms. The van der Waals surface area contributed by atoms with Gasteiger partial charge >= 0.3 is 0 Å². The first kappa shape index (κ1) is 12.6. The van der Waals surface area contributed by atoms with Crippen molar-refractivity contribution in [3.05, 3.63) is 65.5 Å². The first-order valence-electron chi connectivity index (χ1n) is 5.81. The van der Waals surface area contributed by atoms with E-state index in [1.807, 2.05) is 18.2 Å². The minimum Gasteiger partial charge on any atom is -0.489 e. The Morgan fingerprint density at radius 1 is 1.17 bits per heavy atom. The Balaban J connectivity index is 2.11. The van der Waals surface area contributed by atoms with Crippen LogP contribution in [0.25, 0.3) is 0 Å². The van der Waals surface area contributed by atoms with Gasteiger partial charge < -0.3 is 9.84 Å². The van der Waals surface area contributed by atoms with Gasteiger partial charge in [-0.3, -0.25) is 0 Å². The zero-order valence-corrected chi connectivity index (χ0v) is 10.1. The predicted octanol–water partition coefficient (Wildman–Crippen LogP) is 3.46. The minimum absolute atomic E-state index is 0.278. The number of halogens is 1. The van der Waals surface area contributed by atoms with Crippen molar-refractivity contribution in [2.24, 2.45) is 0 Å². The van der Waals surface area contributed by atoms with Crippen molar-refractivity contribution in [1.29, 1.82) is 0 Å². The second kappa shape index (κ2) is 5.65. The van der Waals surface area contributed by atoms with Crippen molar-refractivity contribution < 1.29 is 14.2 Å². The fraction of sp³-hybridized carbons (Fsp3) is 0.200. The molecule has 2 nitrogen and oxygen atoms in total. The first-order chi connectivity index (χ1) is 8.66. The molecule has 0 saturated carbocycles. The van der Waals surface area contributed by atoms with Gasteiger partial charge in [-0.05, 0) is 30.7 Å². The second-order valence-corrected chi connectivity index (χ2v) is 4.13. The molecule has 0 aliphatic rings.